The van der Waals surface area contributed by atoms with Gasteiger partial charge in [0.15, 0.2) is 0 Å². The molecule has 3 nitrogen and oxygen atoms in total. The Kier molecular flexibility index (Phi) is 7.74. The van der Waals surface area contributed by atoms with Crippen LogP contribution in [-0.2, 0) is 20.1 Å². The van der Waals surface area contributed by atoms with Gasteiger partial charge in [-0.05, 0) is 62.3 Å². The number of pyridine rings is 3. The summed E-state index contributed by atoms with van der Waals surface area (Å²) in [5.74, 6) is 0. The van der Waals surface area contributed by atoms with E-state index in [1.165, 1.54) is 17.3 Å². The number of benzene rings is 2. The molecular formula is C31H27IrN3-2. The first kappa shape index (κ1) is 22.0. The van der Waals surface area contributed by atoms with E-state index in [1.54, 1.807) is 19.2 Å². The molecule has 1 radical (unpaired) electrons. The van der Waals surface area contributed by atoms with Gasteiger partial charge in [0.1, 0.15) is 0 Å². The maximum Gasteiger partial charge on any atom is 0.0288 e. The van der Waals surface area contributed by atoms with Gasteiger partial charge in [0.05, 0.1) is 0 Å². The topological polar surface area (TPSA) is 38.7 Å². The number of aromatic nitrogens is 3. The Hall–Kier alpha value is -3.46. The van der Waals surface area contributed by atoms with Crippen LogP contribution in [0.3, 0.4) is 0 Å². The first-order valence-corrected chi connectivity index (χ1v) is 11.0. The number of hydrogen-bond donors (Lipinski definition) is 0. The molecule has 0 aliphatic rings. The fourth-order valence-corrected chi connectivity index (χ4v) is 3.30. The third-order valence-electron chi connectivity index (χ3n) is 5.52. The molecule has 0 aliphatic heterocycles. The molecule has 0 saturated heterocycles. The van der Waals surface area contributed by atoms with Gasteiger partial charge in [-0.1, -0.05) is 34.9 Å². The largest absolute Gasteiger partial charge is 0.304 e. The first-order chi connectivity index (χ1) is 17.7. The summed E-state index contributed by atoms with van der Waals surface area (Å²) in [6.07, 6.45) is 5.14. The minimum absolute atomic E-state index is 0. The van der Waals surface area contributed by atoms with Gasteiger partial charge < -0.3 is 9.97 Å². The summed E-state index contributed by atoms with van der Waals surface area (Å²) in [5, 5.41) is 0. The van der Waals surface area contributed by atoms with Crippen LogP contribution in [0.2, 0.25) is 0 Å². The SMILES string of the molecule is Cc1cnc(-c2[c-]cc(-c3ccccn3)cc2)cc1C.[2H]C([2H])([2H])c1cnc(-c2[c-]cccc2)cc1C.[Ir]. The molecule has 4 heteroatoms. The molecule has 177 valence electrons. The van der Waals surface area contributed by atoms with Crippen LogP contribution in [-0.4, -0.2) is 15.0 Å². The van der Waals surface area contributed by atoms with Crippen molar-refractivity contribution >= 4 is 0 Å². The molecule has 5 rings (SSSR count). The van der Waals surface area contributed by atoms with Gasteiger partial charge in [-0.2, -0.15) is 0 Å². The number of rotatable bonds is 3. The van der Waals surface area contributed by atoms with E-state index in [9.17, 15) is 0 Å². The van der Waals surface area contributed by atoms with E-state index < -0.39 is 6.85 Å². The Labute approximate surface area is 225 Å². The van der Waals surface area contributed by atoms with E-state index in [2.05, 4.69) is 53.1 Å². The summed E-state index contributed by atoms with van der Waals surface area (Å²) in [6.45, 7) is 3.86. The average molecular weight is 637 g/mol. The average Bonchev–Trinajstić information content (AvgIpc) is 2.91. The molecule has 35 heavy (non-hydrogen) atoms. The van der Waals surface area contributed by atoms with Gasteiger partial charge in [-0.25, -0.2) is 0 Å². The zero-order valence-corrected chi connectivity index (χ0v) is 22.2. The second kappa shape index (κ2) is 12.3. The van der Waals surface area contributed by atoms with Gasteiger partial charge in [0.25, 0.3) is 0 Å². The molecule has 0 unspecified atom stereocenters. The first-order valence-electron chi connectivity index (χ1n) is 12.5. The Morgan fingerprint density at radius 3 is 1.89 bits per heavy atom. The Morgan fingerprint density at radius 1 is 0.657 bits per heavy atom. The van der Waals surface area contributed by atoms with Crippen molar-refractivity contribution in [3.05, 3.63) is 126 Å². The molecule has 0 atom stereocenters. The Balaban J connectivity index is 0.000000208. The fraction of sp³-hybridized carbons (Fsp3) is 0.129. The van der Waals surface area contributed by atoms with Crippen LogP contribution >= 0.6 is 0 Å². The van der Waals surface area contributed by atoms with Crippen molar-refractivity contribution in [2.75, 3.05) is 0 Å². The molecule has 0 fully saturated rings. The molecule has 0 saturated carbocycles. The second-order valence-electron chi connectivity index (χ2n) is 8.02. The molecule has 0 spiro atoms. The molecular weight excluding hydrogens is 607 g/mol. The fourth-order valence-electron chi connectivity index (χ4n) is 3.30. The predicted molar refractivity (Wildman–Crippen MR) is 139 cm³/mol. The van der Waals surface area contributed by atoms with Gasteiger partial charge in [0, 0.05) is 48.5 Å². The minimum atomic E-state index is -2.10. The molecule has 0 aliphatic carbocycles. The zero-order valence-electron chi connectivity index (χ0n) is 22.8. The van der Waals surface area contributed by atoms with E-state index in [0.717, 1.165) is 39.3 Å². The number of aryl methyl sites for hydroxylation is 4. The van der Waals surface area contributed by atoms with E-state index in [-0.39, 0.29) is 20.1 Å². The van der Waals surface area contributed by atoms with Crippen LogP contribution in [0.5, 0.6) is 0 Å². The van der Waals surface area contributed by atoms with E-state index in [0.29, 0.717) is 5.56 Å². The monoisotopic (exact) mass is 637 g/mol. The smallest absolute Gasteiger partial charge is 0.0288 e. The molecule has 0 bridgehead atoms. The van der Waals surface area contributed by atoms with Gasteiger partial charge >= 0.3 is 0 Å². The second-order valence-corrected chi connectivity index (χ2v) is 8.02. The molecule has 0 N–H and O–H groups in total. The molecule has 3 heterocycles. The van der Waals surface area contributed by atoms with Crippen molar-refractivity contribution in [3.63, 3.8) is 0 Å². The van der Waals surface area contributed by atoms with Crippen LogP contribution in [0.1, 0.15) is 26.4 Å². The van der Waals surface area contributed by atoms with E-state index in [4.69, 9.17) is 4.11 Å². The van der Waals surface area contributed by atoms with Gasteiger partial charge in [0.2, 0.25) is 0 Å². The summed E-state index contributed by atoms with van der Waals surface area (Å²) in [7, 11) is 0. The van der Waals surface area contributed by atoms with Gasteiger partial charge in [-0.15, -0.1) is 65.7 Å². The number of hydrogen-bond acceptors (Lipinski definition) is 3. The van der Waals surface area contributed by atoms with Crippen LogP contribution in [0.15, 0.2) is 91.4 Å². The maximum atomic E-state index is 7.37. The van der Waals surface area contributed by atoms with Crippen molar-refractivity contribution in [3.8, 4) is 33.8 Å². The summed E-state index contributed by atoms with van der Waals surface area (Å²) in [5.41, 5.74) is 9.10. The molecule has 0 amide bonds. The van der Waals surface area contributed by atoms with Crippen LogP contribution in [0.25, 0.3) is 33.8 Å². The summed E-state index contributed by atoms with van der Waals surface area (Å²) < 4.78 is 22.1. The van der Waals surface area contributed by atoms with Gasteiger partial charge in [-0.3, -0.25) is 4.98 Å². The predicted octanol–water partition coefficient (Wildman–Crippen LogP) is 7.39. The standard InChI is InChI=1S/C18H15N2.C13H12N.Ir/c1-13-11-18(20-12-14(13)2)16-8-6-15(7-9-16)17-5-3-4-10-19-17;1-10-8-13(14-9-11(10)2)12-6-4-3-5-7-12;/h3-8,10-12H,1-2H3;3-6,8-9H,1-2H3;/q2*-1;/i;2D3;. The summed E-state index contributed by atoms with van der Waals surface area (Å²) >= 11 is 0. The minimum Gasteiger partial charge on any atom is -0.304 e. The Morgan fingerprint density at radius 2 is 1.34 bits per heavy atom. The Bertz CT molecular complexity index is 1470. The third kappa shape index (κ3) is 6.79. The molecule has 5 aromatic rings. The quantitative estimate of drug-likeness (QED) is 0.194. The third-order valence-corrected chi connectivity index (χ3v) is 5.52. The van der Waals surface area contributed by atoms with E-state index >= 15 is 0 Å². The van der Waals surface area contributed by atoms with Crippen LogP contribution in [0, 0.1) is 39.8 Å². The molecule has 3 aromatic heterocycles. The zero-order chi connectivity index (χ0) is 26.4. The van der Waals surface area contributed by atoms with Crippen LogP contribution in [0.4, 0.5) is 0 Å². The van der Waals surface area contributed by atoms with Crippen molar-refractivity contribution in [1.29, 1.82) is 0 Å². The summed E-state index contributed by atoms with van der Waals surface area (Å²) in [4.78, 5) is 13.0. The maximum absolute atomic E-state index is 7.37. The van der Waals surface area contributed by atoms with Crippen LogP contribution < -0.4 is 0 Å². The van der Waals surface area contributed by atoms with Crippen molar-refractivity contribution < 1.29 is 24.2 Å². The van der Waals surface area contributed by atoms with Crippen molar-refractivity contribution in [2.24, 2.45) is 0 Å². The van der Waals surface area contributed by atoms with Crippen molar-refractivity contribution in [1.82, 2.24) is 15.0 Å². The normalized spacial score (nSPS) is 11.7. The van der Waals surface area contributed by atoms with Crippen molar-refractivity contribution in [2.45, 2.75) is 27.6 Å². The summed E-state index contributed by atoms with van der Waals surface area (Å²) in [6, 6.07) is 29.7. The van der Waals surface area contributed by atoms with E-state index in [1.807, 2.05) is 60.8 Å². The number of nitrogens with zero attached hydrogens (tertiary/aromatic N) is 3. The molecule has 2 aromatic carbocycles.